The fourth-order valence-corrected chi connectivity index (χ4v) is 1.78. The van der Waals surface area contributed by atoms with Crippen LogP contribution in [-0.4, -0.2) is 31.4 Å². The molecule has 6 heteroatoms. The van der Waals surface area contributed by atoms with E-state index in [0.717, 1.165) is 0 Å². The summed E-state index contributed by atoms with van der Waals surface area (Å²) in [6.45, 7) is 8.58. The summed E-state index contributed by atoms with van der Waals surface area (Å²) in [5.74, 6) is 1.28. The van der Waals surface area contributed by atoms with E-state index in [2.05, 4.69) is 24.2 Å². The molecule has 1 aliphatic heterocycles. The lowest BCUT2D eigenvalue weighted by molar-refractivity contribution is 0.0965. The molecular formula is C16H22N2O4. The topological polar surface area (TPSA) is 69.2 Å². The van der Waals surface area contributed by atoms with E-state index in [-0.39, 0.29) is 24.8 Å². The third kappa shape index (κ3) is 3.90. The number of amides is 1. The number of carbonyl (C=O) groups excluding carboxylic acids is 1. The van der Waals surface area contributed by atoms with Crippen LogP contribution in [0.3, 0.4) is 0 Å². The highest BCUT2D eigenvalue weighted by atomic mass is 16.7. The lowest BCUT2D eigenvalue weighted by atomic mass is 10.1. The number of carbonyl (C=O) groups is 1. The van der Waals surface area contributed by atoms with Crippen LogP contribution in [0.2, 0.25) is 0 Å². The molecule has 1 heterocycles. The normalized spacial score (nSPS) is 14.9. The van der Waals surface area contributed by atoms with Crippen molar-refractivity contribution in [3.63, 3.8) is 0 Å². The van der Waals surface area contributed by atoms with Crippen LogP contribution in [0.25, 0.3) is 0 Å². The number of hydrogen-bond acceptors (Lipinski definition) is 5. The predicted molar refractivity (Wildman–Crippen MR) is 83.4 cm³/mol. The van der Waals surface area contributed by atoms with Crippen LogP contribution in [-0.2, 0) is 4.74 Å². The molecule has 0 unspecified atom stereocenters. The molecule has 0 aliphatic carbocycles. The second-order valence-electron chi connectivity index (χ2n) is 5.37. The van der Waals surface area contributed by atoms with Gasteiger partial charge in [-0.3, -0.25) is 10.1 Å². The van der Waals surface area contributed by atoms with Crippen LogP contribution in [0.1, 0.15) is 38.1 Å². The van der Waals surface area contributed by atoms with Gasteiger partial charge in [-0.2, -0.15) is 0 Å². The van der Waals surface area contributed by atoms with Crippen molar-refractivity contribution in [1.82, 2.24) is 5.32 Å². The number of benzene rings is 1. The second kappa shape index (κ2) is 7.15. The summed E-state index contributed by atoms with van der Waals surface area (Å²) in [6, 6.07) is 5.33. The summed E-state index contributed by atoms with van der Waals surface area (Å²) in [7, 11) is 0. The minimum atomic E-state index is -0.290. The molecule has 22 heavy (non-hydrogen) atoms. The van der Waals surface area contributed by atoms with Crippen LogP contribution >= 0.6 is 0 Å². The fourth-order valence-electron chi connectivity index (χ4n) is 1.78. The molecule has 1 aliphatic rings. The lowest BCUT2D eigenvalue weighted by Gasteiger charge is -2.14. The Balaban J connectivity index is 2.11. The van der Waals surface area contributed by atoms with Gasteiger partial charge in [0.15, 0.2) is 11.5 Å². The highest BCUT2D eigenvalue weighted by Crippen LogP contribution is 2.32. The third-order valence-corrected chi connectivity index (χ3v) is 3.42. The smallest absolute Gasteiger partial charge is 0.291 e. The van der Waals surface area contributed by atoms with Gasteiger partial charge in [-0.25, -0.2) is 4.99 Å². The summed E-state index contributed by atoms with van der Waals surface area (Å²) in [5, 5.41) is 2.70. The zero-order valence-electron chi connectivity index (χ0n) is 13.4. The highest BCUT2D eigenvalue weighted by Gasteiger charge is 2.18. The highest BCUT2D eigenvalue weighted by molar-refractivity contribution is 6.04. The average molecular weight is 306 g/mol. The van der Waals surface area contributed by atoms with Crippen molar-refractivity contribution >= 4 is 11.9 Å². The standard InChI is InChI=1S/C16H22N2O4/c1-5-20-16(17-11(4)10(2)3)18-15(19)12-6-7-13-14(8-12)22-9-21-13/h6-8,10-11H,5,9H2,1-4H3,(H,17,18,19)/t11-/m0/s1. The Morgan fingerprint density at radius 1 is 1.32 bits per heavy atom. The van der Waals surface area contributed by atoms with E-state index >= 15 is 0 Å². The maximum atomic E-state index is 12.3. The van der Waals surface area contributed by atoms with E-state index in [9.17, 15) is 4.79 Å². The Morgan fingerprint density at radius 3 is 2.73 bits per heavy atom. The Kier molecular flexibility index (Phi) is 5.25. The largest absolute Gasteiger partial charge is 0.465 e. The first-order valence-electron chi connectivity index (χ1n) is 7.42. The molecule has 0 radical (unpaired) electrons. The van der Waals surface area contributed by atoms with Crippen molar-refractivity contribution in [2.24, 2.45) is 10.9 Å². The van der Waals surface area contributed by atoms with Crippen LogP contribution < -0.4 is 14.8 Å². The number of rotatable bonds is 4. The van der Waals surface area contributed by atoms with E-state index in [0.29, 0.717) is 29.6 Å². The van der Waals surface area contributed by atoms with Crippen molar-refractivity contribution in [3.8, 4) is 11.5 Å². The number of aliphatic imine (C=N–C) groups is 1. The molecule has 1 N–H and O–H groups in total. The van der Waals surface area contributed by atoms with Crippen LogP contribution in [0, 0.1) is 5.92 Å². The number of fused-ring (bicyclic) bond motifs is 1. The molecule has 1 aromatic rings. The first kappa shape index (κ1) is 16.1. The zero-order valence-corrected chi connectivity index (χ0v) is 13.4. The average Bonchev–Trinajstić information content (AvgIpc) is 2.94. The summed E-state index contributed by atoms with van der Waals surface area (Å²) >= 11 is 0. The van der Waals surface area contributed by atoms with E-state index in [1.807, 2.05) is 13.8 Å². The Bertz CT molecular complexity index is 569. The van der Waals surface area contributed by atoms with Gasteiger partial charge in [0.1, 0.15) is 0 Å². The molecule has 0 aromatic heterocycles. The summed E-state index contributed by atoms with van der Waals surface area (Å²) in [6.07, 6.45) is 0. The third-order valence-electron chi connectivity index (χ3n) is 3.42. The van der Waals surface area contributed by atoms with Gasteiger partial charge in [-0.1, -0.05) is 13.8 Å². The van der Waals surface area contributed by atoms with E-state index in [1.165, 1.54) is 0 Å². The van der Waals surface area contributed by atoms with Crippen LogP contribution in [0.15, 0.2) is 23.2 Å². The molecule has 1 aromatic carbocycles. The predicted octanol–water partition coefficient (Wildman–Crippen LogP) is 2.58. The van der Waals surface area contributed by atoms with Gasteiger partial charge in [-0.05, 0) is 38.0 Å². The van der Waals surface area contributed by atoms with Crippen molar-refractivity contribution in [1.29, 1.82) is 0 Å². The quantitative estimate of drug-likeness (QED) is 0.685. The number of amidine groups is 1. The fraction of sp³-hybridized carbons (Fsp3) is 0.500. The number of nitrogens with one attached hydrogen (secondary N) is 1. The van der Waals surface area contributed by atoms with Crippen molar-refractivity contribution < 1.29 is 19.0 Å². The van der Waals surface area contributed by atoms with E-state index in [4.69, 9.17) is 14.2 Å². The molecule has 6 nitrogen and oxygen atoms in total. The minimum Gasteiger partial charge on any atom is -0.465 e. The van der Waals surface area contributed by atoms with Crippen molar-refractivity contribution in [2.45, 2.75) is 33.7 Å². The van der Waals surface area contributed by atoms with Gasteiger partial charge in [0.2, 0.25) is 6.79 Å². The Labute approximate surface area is 130 Å². The van der Waals surface area contributed by atoms with Crippen LogP contribution in [0.4, 0.5) is 0 Å². The maximum absolute atomic E-state index is 12.3. The molecule has 120 valence electrons. The summed E-state index contributed by atoms with van der Waals surface area (Å²) in [5.41, 5.74) is 0.467. The molecule has 1 amide bonds. The van der Waals surface area contributed by atoms with E-state index < -0.39 is 0 Å². The Hall–Kier alpha value is -2.24. The van der Waals surface area contributed by atoms with Gasteiger partial charge < -0.3 is 14.2 Å². The van der Waals surface area contributed by atoms with Crippen molar-refractivity contribution in [2.75, 3.05) is 13.4 Å². The number of hydrogen-bond donors (Lipinski definition) is 1. The minimum absolute atomic E-state index is 0.0543. The molecule has 2 rings (SSSR count). The second-order valence-corrected chi connectivity index (χ2v) is 5.37. The SMILES string of the molecule is CCOC(=N[C@@H](C)C(C)C)NC(=O)c1ccc2c(c1)OCO2. The van der Waals surface area contributed by atoms with Gasteiger partial charge in [0, 0.05) is 5.56 Å². The van der Waals surface area contributed by atoms with Gasteiger partial charge in [0.05, 0.1) is 12.6 Å². The van der Waals surface area contributed by atoms with Crippen LogP contribution in [0.5, 0.6) is 11.5 Å². The molecule has 0 saturated heterocycles. The summed E-state index contributed by atoms with van der Waals surface area (Å²) in [4.78, 5) is 16.7. The van der Waals surface area contributed by atoms with Gasteiger partial charge >= 0.3 is 0 Å². The lowest BCUT2D eigenvalue weighted by Crippen LogP contribution is -2.34. The molecule has 1 atom stereocenters. The molecule has 0 spiro atoms. The Morgan fingerprint density at radius 2 is 2.05 bits per heavy atom. The zero-order chi connectivity index (χ0) is 16.1. The molecule has 0 saturated carbocycles. The maximum Gasteiger partial charge on any atom is 0.291 e. The molecule has 0 bridgehead atoms. The summed E-state index contributed by atoms with van der Waals surface area (Å²) < 4.78 is 15.9. The molecular weight excluding hydrogens is 284 g/mol. The monoisotopic (exact) mass is 306 g/mol. The molecule has 0 fully saturated rings. The van der Waals surface area contributed by atoms with Crippen molar-refractivity contribution in [3.05, 3.63) is 23.8 Å². The first-order valence-corrected chi connectivity index (χ1v) is 7.42. The van der Waals surface area contributed by atoms with Gasteiger partial charge in [0.25, 0.3) is 11.9 Å². The number of nitrogens with zero attached hydrogens (tertiary/aromatic N) is 1. The van der Waals surface area contributed by atoms with Gasteiger partial charge in [-0.15, -0.1) is 0 Å². The first-order chi connectivity index (χ1) is 10.5. The number of ether oxygens (including phenoxy) is 3. The van der Waals surface area contributed by atoms with E-state index in [1.54, 1.807) is 18.2 Å².